The third-order valence-electron chi connectivity index (χ3n) is 3.99. The summed E-state index contributed by atoms with van der Waals surface area (Å²) < 4.78 is 5.08. The predicted molar refractivity (Wildman–Crippen MR) is 110 cm³/mol. The topological polar surface area (TPSA) is 67.4 Å². The number of aryl methyl sites for hydroxylation is 1. The first-order chi connectivity index (χ1) is 13.0. The Morgan fingerprint density at radius 2 is 1.89 bits per heavy atom. The summed E-state index contributed by atoms with van der Waals surface area (Å²) in [6.45, 7) is 6.34. The Bertz CT molecular complexity index is 765. The van der Waals surface area contributed by atoms with Gasteiger partial charge in [0.2, 0.25) is 5.91 Å². The lowest BCUT2D eigenvalue weighted by molar-refractivity contribution is -0.115. The predicted octanol–water partition coefficient (Wildman–Crippen LogP) is 4.75. The fourth-order valence-corrected chi connectivity index (χ4v) is 3.31. The van der Waals surface area contributed by atoms with Crippen LogP contribution in [-0.2, 0) is 16.1 Å². The standard InChI is InChI=1S/C21H26N2O3S/c1-4-16(3)27-18-10-11-19(15(2)12-18)23-20(24)13-22-21(25)26-14-17-8-6-5-7-9-17/h5-12,16H,4,13-14H2,1-3H3,(H,22,25)(H,23,24). The Balaban J connectivity index is 1.77. The highest BCUT2D eigenvalue weighted by atomic mass is 32.2. The van der Waals surface area contributed by atoms with Gasteiger partial charge in [-0.3, -0.25) is 4.79 Å². The Labute approximate surface area is 164 Å². The van der Waals surface area contributed by atoms with Crippen molar-refractivity contribution in [3.05, 3.63) is 59.7 Å². The van der Waals surface area contributed by atoms with Gasteiger partial charge in [-0.1, -0.05) is 44.2 Å². The van der Waals surface area contributed by atoms with E-state index >= 15 is 0 Å². The second-order valence-corrected chi connectivity index (χ2v) is 7.79. The van der Waals surface area contributed by atoms with Crippen LogP contribution in [0.1, 0.15) is 31.4 Å². The minimum Gasteiger partial charge on any atom is -0.445 e. The summed E-state index contributed by atoms with van der Waals surface area (Å²) in [6.07, 6.45) is 0.486. The van der Waals surface area contributed by atoms with Gasteiger partial charge in [-0.2, -0.15) is 0 Å². The lowest BCUT2D eigenvalue weighted by atomic mass is 10.2. The van der Waals surface area contributed by atoms with E-state index in [1.165, 1.54) is 4.90 Å². The summed E-state index contributed by atoms with van der Waals surface area (Å²) in [7, 11) is 0. The molecule has 2 aromatic carbocycles. The molecule has 5 nitrogen and oxygen atoms in total. The van der Waals surface area contributed by atoms with Crippen LogP contribution in [0.5, 0.6) is 0 Å². The molecule has 0 fully saturated rings. The highest BCUT2D eigenvalue weighted by Gasteiger charge is 2.09. The number of benzene rings is 2. The van der Waals surface area contributed by atoms with Gasteiger partial charge in [-0.25, -0.2) is 4.79 Å². The van der Waals surface area contributed by atoms with Crippen LogP contribution in [0.15, 0.2) is 53.4 Å². The molecule has 27 heavy (non-hydrogen) atoms. The van der Waals surface area contributed by atoms with Crippen molar-refractivity contribution >= 4 is 29.4 Å². The molecule has 0 heterocycles. The number of hydrogen-bond donors (Lipinski definition) is 2. The van der Waals surface area contributed by atoms with E-state index in [4.69, 9.17) is 4.74 Å². The number of thioether (sulfide) groups is 1. The molecular formula is C21H26N2O3S. The zero-order valence-corrected chi connectivity index (χ0v) is 16.8. The quantitative estimate of drug-likeness (QED) is 0.643. The Kier molecular flexibility index (Phi) is 8.20. The van der Waals surface area contributed by atoms with Crippen LogP contribution in [0.4, 0.5) is 10.5 Å². The maximum absolute atomic E-state index is 12.1. The minimum atomic E-state index is -0.619. The Morgan fingerprint density at radius 3 is 2.56 bits per heavy atom. The second kappa shape index (κ2) is 10.6. The number of carbonyl (C=O) groups is 2. The van der Waals surface area contributed by atoms with Gasteiger partial charge in [0.25, 0.3) is 0 Å². The van der Waals surface area contributed by atoms with Crippen molar-refractivity contribution in [3.63, 3.8) is 0 Å². The lowest BCUT2D eigenvalue weighted by Gasteiger charge is -2.13. The van der Waals surface area contributed by atoms with Crippen LogP contribution >= 0.6 is 11.8 Å². The molecule has 1 unspecified atom stereocenters. The number of amides is 2. The first-order valence-electron chi connectivity index (χ1n) is 8.99. The number of rotatable bonds is 8. The number of anilines is 1. The smallest absolute Gasteiger partial charge is 0.407 e. The van der Waals surface area contributed by atoms with Crippen molar-refractivity contribution in [3.8, 4) is 0 Å². The molecule has 0 aliphatic heterocycles. The molecule has 2 amide bonds. The number of alkyl carbamates (subject to hydrolysis) is 1. The third-order valence-corrected chi connectivity index (χ3v) is 5.25. The molecule has 144 valence electrons. The Morgan fingerprint density at radius 1 is 1.15 bits per heavy atom. The molecule has 0 saturated carbocycles. The summed E-state index contributed by atoms with van der Waals surface area (Å²) in [6, 6.07) is 15.3. The highest BCUT2D eigenvalue weighted by molar-refractivity contribution is 7.99. The first kappa shape index (κ1) is 20.8. The molecular weight excluding hydrogens is 360 g/mol. The first-order valence-corrected chi connectivity index (χ1v) is 9.87. The van der Waals surface area contributed by atoms with Crippen molar-refractivity contribution in [2.75, 3.05) is 11.9 Å². The SMILES string of the molecule is CCC(C)Sc1ccc(NC(=O)CNC(=O)OCc2ccccc2)c(C)c1. The van der Waals surface area contributed by atoms with Crippen molar-refractivity contribution < 1.29 is 14.3 Å². The molecule has 6 heteroatoms. The third kappa shape index (κ3) is 7.35. The zero-order chi connectivity index (χ0) is 19.6. The molecule has 0 bridgehead atoms. The van der Waals surface area contributed by atoms with Crippen LogP contribution in [0.25, 0.3) is 0 Å². The molecule has 0 aromatic heterocycles. The number of hydrogen-bond acceptors (Lipinski definition) is 4. The molecule has 0 spiro atoms. The second-order valence-electron chi connectivity index (χ2n) is 6.28. The van der Waals surface area contributed by atoms with Gasteiger partial charge in [0.05, 0.1) is 0 Å². The van der Waals surface area contributed by atoms with Crippen LogP contribution in [0.2, 0.25) is 0 Å². The highest BCUT2D eigenvalue weighted by Crippen LogP contribution is 2.28. The van der Waals surface area contributed by atoms with E-state index in [1.54, 1.807) is 0 Å². The zero-order valence-electron chi connectivity index (χ0n) is 16.0. The van der Waals surface area contributed by atoms with Gasteiger partial charge >= 0.3 is 6.09 Å². The minimum absolute atomic E-state index is 0.142. The largest absolute Gasteiger partial charge is 0.445 e. The van der Waals surface area contributed by atoms with Crippen molar-refractivity contribution in [2.24, 2.45) is 0 Å². The van der Waals surface area contributed by atoms with Gasteiger partial charge in [-0.15, -0.1) is 11.8 Å². The lowest BCUT2D eigenvalue weighted by Crippen LogP contribution is -2.33. The fourth-order valence-electron chi connectivity index (χ4n) is 2.29. The Hall–Kier alpha value is -2.47. The molecule has 0 saturated heterocycles. The number of carbonyl (C=O) groups excluding carboxylic acids is 2. The van der Waals surface area contributed by atoms with E-state index in [1.807, 2.05) is 61.2 Å². The fraction of sp³-hybridized carbons (Fsp3) is 0.333. The van der Waals surface area contributed by atoms with Crippen LogP contribution in [0, 0.1) is 6.92 Å². The molecule has 0 radical (unpaired) electrons. The normalized spacial score (nSPS) is 11.5. The number of ether oxygens (including phenoxy) is 1. The van der Waals surface area contributed by atoms with Gasteiger partial charge in [0.15, 0.2) is 0 Å². The van der Waals surface area contributed by atoms with Crippen molar-refractivity contribution in [1.29, 1.82) is 0 Å². The summed E-state index contributed by atoms with van der Waals surface area (Å²) in [5.41, 5.74) is 2.62. The summed E-state index contributed by atoms with van der Waals surface area (Å²) >= 11 is 1.82. The van der Waals surface area contributed by atoms with E-state index in [9.17, 15) is 9.59 Å². The maximum atomic E-state index is 12.1. The van der Waals surface area contributed by atoms with E-state index in [2.05, 4.69) is 30.5 Å². The van der Waals surface area contributed by atoms with Crippen LogP contribution < -0.4 is 10.6 Å². The summed E-state index contributed by atoms with van der Waals surface area (Å²) in [4.78, 5) is 24.9. The average Bonchev–Trinajstić information content (AvgIpc) is 2.67. The molecule has 0 aliphatic carbocycles. The summed E-state index contributed by atoms with van der Waals surface area (Å²) in [5, 5.41) is 5.83. The van der Waals surface area contributed by atoms with E-state index in [0.29, 0.717) is 5.25 Å². The van der Waals surface area contributed by atoms with Gasteiger partial charge in [-0.05, 0) is 42.7 Å². The van der Waals surface area contributed by atoms with E-state index in [0.717, 1.165) is 23.2 Å². The van der Waals surface area contributed by atoms with Crippen molar-refractivity contribution in [2.45, 2.75) is 43.9 Å². The van der Waals surface area contributed by atoms with E-state index < -0.39 is 6.09 Å². The van der Waals surface area contributed by atoms with Gasteiger partial charge in [0.1, 0.15) is 13.2 Å². The average molecular weight is 387 g/mol. The molecule has 1 atom stereocenters. The van der Waals surface area contributed by atoms with Gasteiger partial charge < -0.3 is 15.4 Å². The summed E-state index contributed by atoms with van der Waals surface area (Å²) in [5.74, 6) is -0.294. The van der Waals surface area contributed by atoms with Crippen molar-refractivity contribution in [1.82, 2.24) is 5.32 Å². The molecule has 2 rings (SSSR count). The molecule has 0 aliphatic rings. The van der Waals surface area contributed by atoms with Gasteiger partial charge in [0, 0.05) is 15.8 Å². The van der Waals surface area contributed by atoms with E-state index in [-0.39, 0.29) is 19.1 Å². The maximum Gasteiger partial charge on any atom is 0.407 e. The monoisotopic (exact) mass is 386 g/mol. The van der Waals surface area contributed by atoms with Crippen LogP contribution in [-0.4, -0.2) is 23.8 Å². The van der Waals surface area contributed by atoms with Crippen LogP contribution in [0.3, 0.4) is 0 Å². The molecule has 2 N–H and O–H groups in total. The number of nitrogens with one attached hydrogen (secondary N) is 2. The molecule has 2 aromatic rings.